The number of halogens is 2. The van der Waals surface area contributed by atoms with Gasteiger partial charge in [-0.25, -0.2) is 4.39 Å². The van der Waals surface area contributed by atoms with Crippen molar-refractivity contribution in [1.82, 2.24) is 5.32 Å². The molecule has 3 atom stereocenters. The lowest BCUT2D eigenvalue weighted by molar-refractivity contribution is 0.427. The van der Waals surface area contributed by atoms with Crippen molar-refractivity contribution in [2.24, 2.45) is 17.8 Å². The van der Waals surface area contributed by atoms with E-state index in [1.807, 2.05) is 19.2 Å². The standard InChI is InChI=1S/C14H17BrFN/c1-17-14(12-8-4-2-5-9(8)12)10-6-3-7-11(15)13(10)16/h3,6-9,12,14,17H,2,4-5H2,1H3. The van der Waals surface area contributed by atoms with Crippen molar-refractivity contribution < 1.29 is 4.39 Å². The van der Waals surface area contributed by atoms with Crippen LogP contribution >= 0.6 is 15.9 Å². The summed E-state index contributed by atoms with van der Waals surface area (Å²) in [5.74, 6) is 2.23. The lowest BCUT2D eigenvalue weighted by atomic mass is 9.96. The van der Waals surface area contributed by atoms with Crippen LogP contribution < -0.4 is 5.32 Å². The summed E-state index contributed by atoms with van der Waals surface area (Å²) < 4.78 is 14.7. The molecule has 2 aliphatic carbocycles. The summed E-state index contributed by atoms with van der Waals surface area (Å²) in [6.07, 6.45) is 4.04. The van der Waals surface area contributed by atoms with Crippen LogP contribution in [-0.2, 0) is 0 Å². The van der Waals surface area contributed by atoms with Gasteiger partial charge in [0.05, 0.1) is 4.47 Å². The van der Waals surface area contributed by atoms with E-state index >= 15 is 0 Å². The number of nitrogens with one attached hydrogen (secondary N) is 1. The molecule has 2 saturated carbocycles. The molecule has 0 heterocycles. The zero-order chi connectivity index (χ0) is 12.0. The molecule has 0 aromatic heterocycles. The number of rotatable bonds is 3. The smallest absolute Gasteiger partial charge is 0.142 e. The van der Waals surface area contributed by atoms with Crippen molar-refractivity contribution in [3.63, 3.8) is 0 Å². The fourth-order valence-electron chi connectivity index (χ4n) is 3.69. The van der Waals surface area contributed by atoms with Crippen LogP contribution in [0.3, 0.4) is 0 Å². The van der Waals surface area contributed by atoms with Gasteiger partial charge in [-0.3, -0.25) is 0 Å². The van der Waals surface area contributed by atoms with Gasteiger partial charge in [0.15, 0.2) is 0 Å². The van der Waals surface area contributed by atoms with Crippen LogP contribution in [0.4, 0.5) is 4.39 Å². The van der Waals surface area contributed by atoms with Gasteiger partial charge in [-0.1, -0.05) is 18.6 Å². The molecule has 3 rings (SSSR count). The van der Waals surface area contributed by atoms with Gasteiger partial charge >= 0.3 is 0 Å². The molecule has 3 unspecified atom stereocenters. The highest BCUT2D eigenvalue weighted by Crippen LogP contribution is 2.62. The first-order valence-electron chi connectivity index (χ1n) is 6.35. The van der Waals surface area contributed by atoms with Gasteiger partial charge in [0.1, 0.15) is 5.82 Å². The highest BCUT2D eigenvalue weighted by molar-refractivity contribution is 9.10. The molecule has 0 saturated heterocycles. The summed E-state index contributed by atoms with van der Waals surface area (Å²) in [5.41, 5.74) is 0.821. The number of fused-ring (bicyclic) bond motifs is 1. The molecule has 92 valence electrons. The molecule has 1 aromatic carbocycles. The number of benzene rings is 1. The van der Waals surface area contributed by atoms with Crippen LogP contribution in [-0.4, -0.2) is 7.05 Å². The minimum absolute atomic E-state index is 0.100. The van der Waals surface area contributed by atoms with E-state index in [2.05, 4.69) is 21.2 Å². The number of hydrogen-bond donors (Lipinski definition) is 1. The maximum atomic E-state index is 14.1. The first kappa shape index (κ1) is 11.7. The molecule has 0 radical (unpaired) electrons. The van der Waals surface area contributed by atoms with Crippen LogP contribution in [0.25, 0.3) is 0 Å². The van der Waals surface area contributed by atoms with Gasteiger partial charge in [0.2, 0.25) is 0 Å². The van der Waals surface area contributed by atoms with Gasteiger partial charge in [-0.2, -0.15) is 0 Å². The number of hydrogen-bond acceptors (Lipinski definition) is 1. The molecule has 2 aliphatic rings. The molecular formula is C14H17BrFN. The Balaban J connectivity index is 1.88. The lowest BCUT2D eigenvalue weighted by Crippen LogP contribution is -2.21. The summed E-state index contributed by atoms with van der Waals surface area (Å²) in [6.45, 7) is 0. The Morgan fingerprint density at radius 2 is 2.06 bits per heavy atom. The lowest BCUT2D eigenvalue weighted by Gasteiger charge is -2.19. The van der Waals surface area contributed by atoms with Crippen molar-refractivity contribution >= 4 is 15.9 Å². The van der Waals surface area contributed by atoms with Crippen molar-refractivity contribution in [3.05, 3.63) is 34.1 Å². The van der Waals surface area contributed by atoms with E-state index in [9.17, 15) is 4.39 Å². The average molecular weight is 298 g/mol. The first-order chi connectivity index (χ1) is 8.24. The predicted octanol–water partition coefficient (Wildman–Crippen LogP) is 3.89. The molecule has 2 fully saturated rings. The van der Waals surface area contributed by atoms with Gasteiger partial charge in [-0.05, 0) is 59.6 Å². The molecular weight excluding hydrogens is 281 g/mol. The van der Waals surface area contributed by atoms with Crippen LogP contribution in [0, 0.1) is 23.6 Å². The van der Waals surface area contributed by atoms with E-state index in [0.717, 1.165) is 17.4 Å². The third-order valence-corrected chi connectivity index (χ3v) is 5.10. The normalized spacial score (nSPS) is 32.3. The Labute approximate surface area is 110 Å². The third kappa shape index (κ3) is 1.84. The molecule has 0 bridgehead atoms. The van der Waals surface area contributed by atoms with Gasteiger partial charge in [0, 0.05) is 11.6 Å². The predicted molar refractivity (Wildman–Crippen MR) is 70.2 cm³/mol. The van der Waals surface area contributed by atoms with E-state index < -0.39 is 0 Å². The van der Waals surface area contributed by atoms with E-state index in [0.29, 0.717) is 10.4 Å². The Morgan fingerprint density at radius 1 is 1.35 bits per heavy atom. The SMILES string of the molecule is CNC(c1cccc(Br)c1F)C1C2CCCC21. The highest BCUT2D eigenvalue weighted by Gasteiger charge is 2.56. The van der Waals surface area contributed by atoms with Gasteiger partial charge in [0.25, 0.3) is 0 Å². The van der Waals surface area contributed by atoms with E-state index in [4.69, 9.17) is 0 Å². The minimum Gasteiger partial charge on any atom is -0.313 e. The molecule has 3 heteroatoms. The topological polar surface area (TPSA) is 12.0 Å². The summed E-state index contributed by atoms with van der Waals surface area (Å²) in [6, 6.07) is 5.78. The highest BCUT2D eigenvalue weighted by atomic mass is 79.9. The Morgan fingerprint density at radius 3 is 2.71 bits per heavy atom. The quantitative estimate of drug-likeness (QED) is 0.892. The zero-order valence-electron chi connectivity index (χ0n) is 9.92. The van der Waals surface area contributed by atoms with E-state index in [-0.39, 0.29) is 11.9 Å². The molecule has 0 spiro atoms. The van der Waals surface area contributed by atoms with Crippen LogP contribution in [0.15, 0.2) is 22.7 Å². The van der Waals surface area contributed by atoms with E-state index in [1.54, 1.807) is 6.07 Å². The van der Waals surface area contributed by atoms with Crippen LogP contribution in [0.5, 0.6) is 0 Å². The molecule has 17 heavy (non-hydrogen) atoms. The first-order valence-corrected chi connectivity index (χ1v) is 7.14. The van der Waals surface area contributed by atoms with Crippen LogP contribution in [0.1, 0.15) is 30.9 Å². The maximum absolute atomic E-state index is 14.1. The molecule has 1 N–H and O–H groups in total. The second-order valence-corrected chi connectivity index (χ2v) is 6.10. The van der Waals surface area contributed by atoms with Crippen molar-refractivity contribution in [2.75, 3.05) is 7.05 Å². The fraction of sp³-hybridized carbons (Fsp3) is 0.571. The molecule has 0 aliphatic heterocycles. The van der Waals surface area contributed by atoms with Gasteiger partial charge < -0.3 is 5.32 Å². The van der Waals surface area contributed by atoms with Crippen molar-refractivity contribution in [3.8, 4) is 0 Å². The maximum Gasteiger partial charge on any atom is 0.142 e. The largest absolute Gasteiger partial charge is 0.313 e. The zero-order valence-corrected chi connectivity index (χ0v) is 11.5. The Kier molecular flexibility index (Phi) is 2.99. The summed E-state index contributed by atoms with van der Waals surface area (Å²) >= 11 is 3.27. The molecule has 1 nitrogen and oxygen atoms in total. The van der Waals surface area contributed by atoms with Gasteiger partial charge in [-0.15, -0.1) is 0 Å². The van der Waals surface area contributed by atoms with Crippen molar-refractivity contribution in [2.45, 2.75) is 25.3 Å². The second kappa shape index (κ2) is 4.36. The fourth-order valence-corrected chi connectivity index (χ4v) is 4.07. The Bertz CT molecular complexity index is 424. The minimum atomic E-state index is -0.100. The second-order valence-electron chi connectivity index (χ2n) is 5.25. The Hall–Kier alpha value is -0.410. The third-order valence-electron chi connectivity index (χ3n) is 4.49. The van der Waals surface area contributed by atoms with E-state index in [1.165, 1.54) is 19.3 Å². The summed E-state index contributed by atoms with van der Waals surface area (Å²) in [4.78, 5) is 0. The summed E-state index contributed by atoms with van der Waals surface area (Å²) in [5, 5.41) is 3.32. The van der Waals surface area contributed by atoms with Crippen molar-refractivity contribution in [1.29, 1.82) is 0 Å². The average Bonchev–Trinajstić information content (AvgIpc) is 2.80. The molecule has 0 amide bonds. The summed E-state index contributed by atoms with van der Waals surface area (Å²) in [7, 11) is 1.94. The molecule has 1 aromatic rings. The van der Waals surface area contributed by atoms with Crippen LogP contribution in [0.2, 0.25) is 0 Å². The monoisotopic (exact) mass is 297 g/mol.